The summed E-state index contributed by atoms with van der Waals surface area (Å²) in [5.74, 6) is -1.04. The van der Waals surface area contributed by atoms with Crippen LogP contribution in [0.2, 0.25) is 0 Å². The first-order chi connectivity index (χ1) is 15.9. The highest BCUT2D eigenvalue weighted by molar-refractivity contribution is 5.66. The zero-order valence-electron chi connectivity index (χ0n) is 20.7. The lowest BCUT2D eigenvalue weighted by Gasteiger charge is -2.23. The lowest BCUT2D eigenvalue weighted by Crippen LogP contribution is -2.50. The molecule has 34 heavy (non-hydrogen) atoms. The van der Waals surface area contributed by atoms with Gasteiger partial charge in [-0.2, -0.15) is 0 Å². The average Bonchev–Trinajstić information content (AvgIpc) is 3.06. The Bertz CT molecular complexity index is 595. The Morgan fingerprint density at radius 3 is 2.15 bits per heavy atom. The van der Waals surface area contributed by atoms with Crippen LogP contribution in [0.15, 0.2) is 24.3 Å². The summed E-state index contributed by atoms with van der Waals surface area (Å²) < 4.78 is 0. The summed E-state index contributed by atoms with van der Waals surface area (Å²) in [6, 6.07) is 0. The molecule has 0 amide bonds. The van der Waals surface area contributed by atoms with Crippen LogP contribution in [0, 0.1) is 11.8 Å². The van der Waals surface area contributed by atoms with Gasteiger partial charge in [-0.25, -0.2) is 0 Å². The fourth-order valence-electron chi connectivity index (χ4n) is 3.73. The summed E-state index contributed by atoms with van der Waals surface area (Å²) in [6.07, 6.45) is 12.7. The highest BCUT2D eigenvalue weighted by atomic mass is 16.4. The van der Waals surface area contributed by atoms with Crippen molar-refractivity contribution in [2.75, 3.05) is 19.8 Å². The van der Waals surface area contributed by atoms with Crippen molar-refractivity contribution in [3.8, 4) is 0 Å². The standard InChI is InChI=1S/C21H36O5.C4H11NO3/c1-3-4-9-13-21(2,26)14-12-17-16(18(22)15-19(17)23)10-7-5-6-8-11-20(24)25;5-4(1-6,2-7)3-8/h5,7,12,14,16-19,22-23,26H,3-4,6,8-11,13,15H2,1-2H3,(H,24,25);6-8H,1-3,5H2/t16-,17-,18+,19-,21+;/m1./s1. The average molecular weight is 490 g/mol. The van der Waals surface area contributed by atoms with Crippen molar-refractivity contribution in [3.63, 3.8) is 0 Å². The topological polar surface area (TPSA) is 185 Å². The van der Waals surface area contributed by atoms with E-state index in [1.165, 1.54) is 0 Å². The first-order valence-corrected chi connectivity index (χ1v) is 12.2. The molecule has 0 unspecified atom stereocenters. The minimum absolute atomic E-state index is 0.0802. The maximum absolute atomic E-state index is 10.5. The summed E-state index contributed by atoms with van der Waals surface area (Å²) >= 11 is 0. The predicted octanol–water partition coefficient (Wildman–Crippen LogP) is 1.09. The number of aliphatic hydroxyl groups excluding tert-OH is 5. The molecule has 1 rings (SSSR count). The van der Waals surface area contributed by atoms with E-state index in [0.717, 1.165) is 19.3 Å². The van der Waals surface area contributed by atoms with E-state index in [1.54, 1.807) is 13.0 Å². The molecule has 9 N–H and O–H groups in total. The molecule has 0 spiro atoms. The lowest BCUT2D eigenvalue weighted by atomic mass is 9.88. The number of hydrogen-bond acceptors (Lipinski definition) is 8. The zero-order chi connectivity index (χ0) is 26.2. The second kappa shape index (κ2) is 17.2. The van der Waals surface area contributed by atoms with Crippen molar-refractivity contribution in [2.45, 2.75) is 95.0 Å². The summed E-state index contributed by atoms with van der Waals surface area (Å²) in [7, 11) is 0. The molecule has 9 nitrogen and oxygen atoms in total. The maximum atomic E-state index is 10.5. The third-order valence-electron chi connectivity index (χ3n) is 6.16. The third-order valence-corrected chi connectivity index (χ3v) is 6.16. The molecule has 0 radical (unpaired) electrons. The largest absolute Gasteiger partial charge is 0.481 e. The van der Waals surface area contributed by atoms with Gasteiger partial charge in [0.1, 0.15) is 0 Å². The van der Waals surface area contributed by atoms with Crippen LogP contribution in [0.25, 0.3) is 0 Å². The van der Waals surface area contributed by atoms with Crippen LogP contribution in [-0.2, 0) is 4.79 Å². The van der Waals surface area contributed by atoms with Gasteiger partial charge in [-0.05, 0) is 38.5 Å². The highest BCUT2D eigenvalue weighted by Crippen LogP contribution is 2.37. The van der Waals surface area contributed by atoms with E-state index >= 15 is 0 Å². The van der Waals surface area contributed by atoms with Gasteiger partial charge in [0.05, 0.1) is 43.2 Å². The lowest BCUT2D eigenvalue weighted by molar-refractivity contribution is -0.137. The Labute approximate surface area is 203 Å². The van der Waals surface area contributed by atoms with Crippen LogP contribution in [0.4, 0.5) is 0 Å². The molecule has 0 aromatic heterocycles. The van der Waals surface area contributed by atoms with E-state index in [-0.39, 0.29) is 18.3 Å². The number of nitrogens with two attached hydrogens (primary N) is 1. The Balaban J connectivity index is 0.00000116. The first-order valence-electron chi connectivity index (χ1n) is 12.2. The summed E-state index contributed by atoms with van der Waals surface area (Å²) in [5.41, 5.74) is 3.05. The number of aliphatic hydroxyl groups is 6. The molecular formula is C25H47NO8. The fourth-order valence-corrected chi connectivity index (χ4v) is 3.73. The van der Waals surface area contributed by atoms with Gasteiger partial charge < -0.3 is 41.5 Å². The van der Waals surface area contributed by atoms with E-state index in [4.69, 9.17) is 26.2 Å². The molecule has 0 saturated heterocycles. The molecule has 0 aromatic carbocycles. The third kappa shape index (κ3) is 13.5. The quantitative estimate of drug-likeness (QED) is 0.123. The number of aliphatic carboxylic acids is 1. The van der Waals surface area contributed by atoms with Crippen molar-refractivity contribution in [2.24, 2.45) is 17.6 Å². The van der Waals surface area contributed by atoms with Gasteiger partial charge in [0, 0.05) is 18.8 Å². The van der Waals surface area contributed by atoms with Crippen molar-refractivity contribution >= 4 is 5.97 Å². The van der Waals surface area contributed by atoms with Crippen molar-refractivity contribution in [1.29, 1.82) is 0 Å². The molecule has 1 aliphatic rings. The smallest absolute Gasteiger partial charge is 0.303 e. The van der Waals surface area contributed by atoms with Crippen molar-refractivity contribution in [1.82, 2.24) is 0 Å². The van der Waals surface area contributed by atoms with Crippen LogP contribution < -0.4 is 5.73 Å². The van der Waals surface area contributed by atoms with Gasteiger partial charge >= 0.3 is 5.97 Å². The van der Waals surface area contributed by atoms with Crippen LogP contribution in [0.1, 0.15) is 71.6 Å². The van der Waals surface area contributed by atoms with Crippen molar-refractivity contribution < 1.29 is 40.5 Å². The van der Waals surface area contributed by atoms with Gasteiger partial charge in [0.2, 0.25) is 0 Å². The molecule has 1 saturated carbocycles. The molecule has 0 aliphatic heterocycles. The van der Waals surface area contributed by atoms with E-state index in [0.29, 0.717) is 32.1 Å². The summed E-state index contributed by atoms with van der Waals surface area (Å²) in [6.45, 7) is 2.70. The molecule has 0 bridgehead atoms. The van der Waals surface area contributed by atoms with E-state index < -0.39 is 49.1 Å². The van der Waals surface area contributed by atoms with Crippen LogP contribution >= 0.6 is 0 Å². The summed E-state index contributed by atoms with van der Waals surface area (Å²) in [5, 5.41) is 64.6. The molecule has 200 valence electrons. The highest BCUT2D eigenvalue weighted by Gasteiger charge is 2.39. The van der Waals surface area contributed by atoms with Gasteiger partial charge in [-0.1, -0.05) is 50.5 Å². The number of unbranched alkanes of at least 4 members (excludes halogenated alkanes) is 3. The molecular weight excluding hydrogens is 442 g/mol. The normalized spacial score (nSPS) is 24.9. The Morgan fingerprint density at radius 2 is 1.65 bits per heavy atom. The van der Waals surface area contributed by atoms with Gasteiger partial charge in [-0.15, -0.1) is 0 Å². The Hall–Kier alpha value is -1.33. The number of hydrogen-bond donors (Lipinski definition) is 8. The molecule has 0 aromatic rings. The van der Waals surface area contributed by atoms with E-state index in [2.05, 4.69) is 6.92 Å². The summed E-state index contributed by atoms with van der Waals surface area (Å²) in [4.78, 5) is 10.5. The van der Waals surface area contributed by atoms with Crippen LogP contribution in [0.5, 0.6) is 0 Å². The Kier molecular flexibility index (Phi) is 16.5. The van der Waals surface area contributed by atoms with Gasteiger partial charge in [-0.3, -0.25) is 4.79 Å². The first kappa shape index (κ1) is 32.7. The van der Waals surface area contributed by atoms with E-state index in [1.807, 2.05) is 18.2 Å². The Morgan fingerprint density at radius 1 is 1.03 bits per heavy atom. The zero-order valence-corrected chi connectivity index (χ0v) is 20.7. The molecule has 5 atom stereocenters. The van der Waals surface area contributed by atoms with Gasteiger partial charge in [0.25, 0.3) is 0 Å². The van der Waals surface area contributed by atoms with E-state index in [9.17, 15) is 20.1 Å². The minimum atomic E-state index is -1.21. The van der Waals surface area contributed by atoms with Crippen LogP contribution in [-0.4, -0.2) is 84.9 Å². The van der Waals surface area contributed by atoms with Crippen molar-refractivity contribution in [3.05, 3.63) is 24.3 Å². The maximum Gasteiger partial charge on any atom is 0.303 e. The van der Waals surface area contributed by atoms with Crippen LogP contribution in [0.3, 0.4) is 0 Å². The second-order valence-electron chi connectivity index (χ2n) is 9.61. The fraction of sp³-hybridized carbons (Fsp3) is 0.800. The SMILES string of the molecule is CCCCC[C@](C)(O)C=C[C@@H]1[C@@H](CC=CCCCC(=O)O)[C@@H](O)C[C@H]1O.NC(CO)(CO)CO. The number of rotatable bonds is 15. The molecule has 1 aliphatic carbocycles. The number of carboxylic acid groups (broad SMARTS) is 1. The number of carboxylic acids is 1. The second-order valence-corrected chi connectivity index (χ2v) is 9.61. The number of carbonyl (C=O) groups is 1. The monoisotopic (exact) mass is 489 g/mol. The predicted molar refractivity (Wildman–Crippen MR) is 131 cm³/mol. The van der Waals surface area contributed by atoms with Gasteiger partial charge in [0.15, 0.2) is 0 Å². The molecule has 0 heterocycles. The number of allylic oxidation sites excluding steroid dienone is 2. The molecule has 1 fully saturated rings. The molecule has 9 heteroatoms. The minimum Gasteiger partial charge on any atom is -0.481 e.